The molecule has 1 aromatic rings. The molecule has 0 saturated carbocycles. The number of aliphatic hydroxyl groups is 1. The number of carboxylic acids is 1. The molecule has 4 unspecified atom stereocenters. The van der Waals surface area contributed by atoms with Gasteiger partial charge in [0.15, 0.2) is 0 Å². The van der Waals surface area contributed by atoms with Crippen LogP contribution in [-0.2, 0) is 30.4 Å². The minimum atomic E-state index is -1.47. The molecule has 0 fully saturated rings. The number of hydrogen-bond acceptors (Lipinski definition) is 8. The maximum absolute atomic E-state index is 12.9. The number of rotatable bonds is 15. The molecule has 14 nitrogen and oxygen atoms in total. The van der Waals surface area contributed by atoms with Gasteiger partial charge in [0, 0.05) is 24.7 Å². The maximum atomic E-state index is 12.9. The molecule has 0 saturated heterocycles. The second-order valence-corrected chi connectivity index (χ2v) is 8.23. The van der Waals surface area contributed by atoms with Crippen molar-refractivity contribution in [3.63, 3.8) is 0 Å². The molecule has 1 rings (SSSR count). The molecule has 4 atom stereocenters. The van der Waals surface area contributed by atoms with Crippen LogP contribution < -0.4 is 27.4 Å². The smallest absolute Gasteiger partial charge is 0.326 e. The summed E-state index contributed by atoms with van der Waals surface area (Å²) in [5.74, 6) is -4.36. The highest BCUT2D eigenvalue weighted by Crippen LogP contribution is 2.06. The molecule has 190 valence electrons. The average molecular weight is 484 g/mol. The number of aliphatic carboxylic acids is 1. The Labute approximate surface area is 196 Å². The minimum absolute atomic E-state index is 0.0312. The van der Waals surface area contributed by atoms with Crippen molar-refractivity contribution < 1.29 is 34.2 Å². The number of nitrogens with one attached hydrogen (secondary N) is 4. The fourth-order valence-electron chi connectivity index (χ4n) is 2.96. The number of aromatic nitrogens is 2. The van der Waals surface area contributed by atoms with Crippen LogP contribution in [0.1, 0.15) is 38.8 Å². The zero-order chi connectivity index (χ0) is 25.8. The fraction of sp³-hybridized carbons (Fsp3) is 0.600. The maximum Gasteiger partial charge on any atom is 0.326 e. The van der Waals surface area contributed by atoms with E-state index in [1.807, 2.05) is 0 Å². The van der Waals surface area contributed by atoms with Gasteiger partial charge in [-0.25, -0.2) is 9.78 Å². The number of carbonyl (C=O) groups excluding carboxylic acids is 4. The monoisotopic (exact) mass is 483 g/mol. The van der Waals surface area contributed by atoms with Gasteiger partial charge < -0.3 is 42.6 Å². The zero-order valence-electron chi connectivity index (χ0n) is 19.1. The molecule has 0 aromatic carbocycles. The number of imidazole rings is 1. The predicted molar refractivity (Wildman–Crippen MR) is 119 cm³/mol. The summed E-state index contributed by atoms with van der Waals surface area (Å²) in [4.78, 5) is 66.8. The first kappa shape index (κ1) is 28.5. The van der Waals surface area contributed by atoms with Gasteiger partial charge >= 0.3 is 5.97 Å². The Morgan fingerprint density at radius 1 is 1.03 bits per heavy atom. The number of aliphatic hydroxyl groups excluding tert-OH is 1. The van der Waals surface area contributed by atoms with Gasteiger partial charge in [0.25, 0.3) is 0 Å². The molecule has 0 bridgehead atoms. The van der Waals surface area contributed by atoms with Crippen LogP contribution in [0.3, 0.4) is 0 Å². The van der Waals surface area contributed by atoms with E-state index in [1.165, 1.54) is 12.5 Å². The molecule has 0 aliphatic carbocycles. The Bertz CT molecular complexity index is 844. The van der Waals surface area contributed by atoms with Crippen LogP contribution in [0, 0.1) is 5.92 Å². The first-order chi connectivity index (χ1) is 15.9. The second kappa shape index (κ2) is 13.9. The summed E-state index contributed by atoms with van der Waals surface area (Å²) in [7, 11) is 0. The molecule has 1 aromatic heterocycles. The van der Waals surface area contributed by atoms with E-state index in [1.54, 1.807) is 13.8 Å². The molecule has 4 amide bonds. The van der Waals surface area contributed by atoms with Crippen molar-refractivity contribution in [2.24, 2.45) is 17.4 Å². The molecule has 1 heterocycles. The number of nitrogens with zero attached hydrogens (tertiary/aromatic N) is 1. The Hall–Kier alpha value is -3.52. The largest absolute Gasteiger partial charge is 0.480 e. The lowest BCUT2D eigenvalue weighted by Gasteiger charge is -2.24. The lowest BCUT2D eigenvalue weighted by atomic mass is 10.0. The number of H-pyrrole nitrogens is 1. The van der Waals surface area contributed by atoms with Crippen LogP contribution in [0.15, 0.2) is 12.5 Å². The highest BCUT2D eigenvalue weighted by Gasteiger charge is 2.30. The summed E-state index contributed by atoms with van der Waals surface area (Å²) < 4.78 is 0. The van der Waals surface area contributed by atoms with Crippen molar-refractivity contribution in [1.82, 2.24) is 25.9 Å². The van der Waals surface area contributed by atoms with E-state index in [-0.39, 0.29) is 31.6 Å². The summed E-state index contributed by atoms with van der Waals surface area (Å²) in [6.07, 6.45) is 2.74. The number of primary amides is 1. The number of amides is 4. The van der Waals surface area contributed by atoms with Gasteiger partial charge in [-0.15, -0.1) is 0 Å². The number of carboxylic acid groups (broad SMARTS) is 1. The van der Waals surface area contributed by atoms with E-state index >= 15 is 0 Å². The zero-order valence-corrected chi connectivity index (χ0v) is 19.1. The number of carbonyl (C=O) groups is 5. The quantitative estimate of drug-likeness (QED) is 0.127. The normalized spacial score (nSPS) is 14.5. The number of aromatic amines is 1. The molecule has 0 aliphatic heterocycles. The summed E-state index contributed by atoms with van der Waals surface area (Å²) in [5, 5.41) is 26.0. The predicted octanol–water partition coefficient (Wildman–Crippen LogP) is -2.88. The third kappa shape index (κ3) is 9.95. The van der Waals surface area contributed by atoms with E-state index in [0.717, 1.165) is 0 Å². The molecule has 0 radical (unpaired) electrons. The first-order valence-corrected chi connectivity index (χ1v) is 10.7. The molecule has 34 heavy (non-hydrogen) atoms. The molecule has 10 N–H and O–H groups in total. The van der Waals surface area contributed by atoms with E-state index < -0.39 is 60.4 Å². The van der Waals surface area contributed by atoms with E-state index in [2.05, 4.69) is 25.9 Å². The fourth-order valence-corrected chi connectivity index (χ4v) is 2.96. The van der Waals surface area contributed by atoms with Crippen molar-refractivity contribution in [3.05, 3.63) is 18.2 Å². The third-order valence-electron chi connectivity index (χ3n) is 4.79. The van der Waals surface area contributed by atoms with Crippen LogP contribution in [-0.4, -0.2) is 80.6 Å². The summed E-state index contributed by atoms with van der Waals surface area (Å²) in [5.41, 5.74) is 11.3. The third-order valence-corrected chi connectivity index (χ3v) is 4.79. The molecule has 0 aliphatic rings. The Balaban J connectivity index is 2.91. The summed E-state index contributed by atoms with van der Waals surface area (Å²) >= 11 is 0. The van der Waals surface area contributed by atoms with Gasteiger partial charge in [-0.1, -0.05) is 13.8 Å². The number of hydrogen-bond donors (Lipinski definition) is 8. The molecule has 14 heteroatoms. The van der Waals surface area contributed by atoms with Gasteiger partial charge in [0.1, 0.15) is 18.1 Å². The van der Waals surface area contributed by atoms with E-state index in [9.17, 15) is 34.2 Å². The molecular formula is C20H33N7O7. The van der Waals surface area contributed by atoms with Crippen LogP contribution >= 0.6 is 0 Å². The molecular weight excluding hydrogens is 450 g/mol. The Kier molecular flexibility index (Phi) is 11.7. The van der Waals surface area contributed by atoms with Gasteiger partial charge in [-0.2, -0.15) is 0 Å². The summed E-state index contributed by atoms with van der Waals surface area (Å²) in [6.45, 7) is 2.75. The molecule has 0 spiro atoms. The van der Waals surface area contributed by atoms with Crippen LogP contribution in [0.2, 0.25) is 0 Å². The highest BCUT2D eigenvalue weighted by atomic mass is 16.4. The lowest BCUT2D eigenvalue weighted by Crippen LogP contribution is -2.58. The topological polar surface area (TPSA) is 243 Å². The highest BCUT2D eigenvalue weighted by molar-refractivity contribution is 5.94. The standard InChI is InChI=1S/C20H33N7O7/c1-10(2)5-14(20(33)34)26-19(32)15(8-28)27-18(31)13(6-11-7-23-9-24-11)25-17(30)12(21)3-4-16(22)29/h7,9-10,12-15,28H,3-6,8,21H2,1-2H3,(H2,22,29)(H,23,24)(H,25,30)(H,26,32)(H,27,31)(H,33,34). The minimum Gasteiger partial charge on any atom is -0.480 e. The average Bonchev–Trinajstić information content (AvgIpc) is 3.27. The van der Waals surface area contributed by atoms with Crippen LogP contribution in [0.5, 0.6) is 0 Å². The van der Waals surface area contributed by atoms with Gasteiger partial charge in [-0.05, 0) is 18.8 Å². The van der Waals surface area contributed by atoms with Crippen molar-refractivity contribution in [1.29, 1.82) is 0 Å². The second-order valence-electron chi connectivity index (χ2n) is 8.23. The SMILES string of the molecule is CC(C)CC(NC(=O)C(CO)NC(=O)C(Cc1cnc[nH]1)NC(=O)C(N)CCC(N)=O)C(=O)O. The van der Waals surface area contributed by atoms with Gasteiger partial charge in [-0.3, -0.25) is 19.2 Å². The van der Waals surface area contributed by atoms with Crippen molar-refractivity contribution >= 4 is 29.6 Å². The summed E-state index contributed by atoms with van der Waals surface area (Å²) in [6, 6.07) is -5.01. The number of nitrogens with two attached hydrogens (primary N) is 2. The van der Waals surface area contributed by atoms with Crippen LogP contribution in [0.4, 0.5) is 0 Å². The first-order valence-electron chi connectivity index (χ1n) is 10.7. The lowest BCUT2D eigenvalue weighted by molar-refractivity contribution is -0.143. The Morgan fingerprint density at radius 3 is 2.12 bits per heavy atom. The van der Waals surface area contributed by atoms with Crippen LogP contribution in [0.25, 0.3) is 0 Å². The van der Waals surface area contributed by atoms with Crippen molar-refractivity contribution in [2.45, 2.75) is 63.7 Å². The Morgan fingerprint density at radius 2 is 1.62 bits per heavy atom. The van der Waals surface area contributed by atoms with E-state index in [4.69, 9.17) is 11.5 Å². The van der Waals surface area contributed by atoms with Crippen molar-refractivity contribution in [2.75, 3.05) is 6.61 Å². The van der Waals surface area contributed by atoms with Gasteiger partial charge in [0.2, 0.25) is 23.6 Å². The van der Waals surface area contributed by atoms with Gasteiger partial charge in [0.05, 0.1) is 19.0 Å². The van der Waals surface area contributed by atoms with E-state index in [0.29, 0.717) is 5.69 Å². The van der Waals surface area contributed by atoms with Crippen molar-refractivity contribution in [3.8, 4) is 0 Å².